The number of fused-ring (bicyclic) bond motifs is 1. The minimum atomic E-state index is -0.235. The molecule has 0 unspecified atom stereocenters. The Balaban J connectivity index is 1.28. The summed E-state index contributed by atoms with van der Waals surface area (Å²) in [4.78, 5) is 16.3. The highest BCUT2D eigenvalue weighted by atomic mass is 19.1. The van der Waals surface area contributed by atoms with Gasteiger partial charge in [0.15, 0.2) is 5.82 Å². The third-order valence-electron chi connectivity index (χ3n) is 4.84. The van der Waals surface area contributed by atoms with Crippen LogP contribution in [-0.4, -0.2) is 51.9 Å². The van der Waals surface area contributed by atoms with Crippen LogP contribution in [0, 0.1) is 5.82 Å². The summed E-state index contributed by atoms with van der Waals surface area (Å²) < 4.78 is 15.1. The van der Waals surface area contributed by atoms with Crippen molar-refractivity contribution in [1.82, 2.24) is 25.0 Å². The van der Waals surface area contributed by atoms with Gasteiger partial charge >= 0.3 is 6.03 Å². The van der Waals surface area contributed by atoms with Crippen LogP contribution < -0.4 is 10.2 Å². The second-order valence-corrected chi connectivity index (χ2v) is 6.40. The van der Waals surface area contributed by atoms with Crippen molar-refractivity contribution in [3.63, 3.8) is 0 Å². The van der Waals surface area contributed by atoms with Crippen molar-refractivity contribution < 1.29 is 9.18 Å². The van der Waals surface area contributed by atoms with Gasteiger partial charge < -0.3 is 19.7 Å². The number of carbonyl (C=O) groups excluding carboxylic acids is 1. The average molecular weight is 344 g/mol. The maximum absolute atomic E-state index is 13.0. The summed E-state index contributed by atoms with van der Waals surface area (Å²) >= 11 is 0. The highest BCUT2D eigenvalue weighted by molar-refractivity contribution is 5.74. The van der Waals surface area contributed by atoms with Gasteiger partial charge in [-0.25, -0.2) is 9.18 Å². The number of halogens is 1. The first-order valence-corrected chi connectivity index (χ1v) is 8.65. The number of anilines is 1. The maximum Gasteiger partial charge on any atom is 0.317 e. The lowest BCUT2D eigenvalue weighted by atomic mass is 10.2. The summed E-state index contributed by atoms with van der Waals surface area (Å²) in [6.45, 7) is 4.09. The molecule has 25 heavy (non-hydrogen) atoms. The van der Waals surface area contributed by atoms with Gasteiger partial charge in [0.05, 0.1) is 6.54 Å². The Morgan fingerprint density at radius 1 is 1.08 bits per heavy atom. The predicted molar refractivity (Wildman–Crippen MR) is 90.8 cm³/mol. The van der Waals surface area contributed by atoms with Crippen molar-refractivity contribution in [3.05, 3.63) is 41.7 Å². The van der Waals surface area contributed by atoms with Crippen LogP contribution in [0.4, 0.5) is 14.9 Å². The number of rotatable bonds is 3. The normalized spacial score (nSPS) is 16.8. The van der Waals surface area contributed by atoms with Crippen molar-refractivity contribution in [2.75, 3.05) is 31.1 Å². The molecular weight excluding hydrogens is 323 g/mol. The van der Waals surface area contributed by atoms with Crippen LogP contribution in [0.5, 0.6) is 0 Å². The minimum absolute atomic E-state index is 0.0749. The van der Waals surface area contributed by atoms with Crippen LogP contribution in [-0.2, 0) is 19.5 Å². The largest absolute Gasteiger partial charge is 0.368 e. The summed E-state index contributed by atoms with van der Waals surface area (Å²) in [7, 11) is 0. The number of amides is 2. The molecule has 0 atom stereocenters. The van der Waals surface area contributed by atoms with Crippen molar-refractivity contribution >= 4 is 11.7 Å². The molecule has 4 rings (SSSR count). The van der Waals surface area contributed by atoms with Gasteiger partial charge in [0.1, 0.15) is 11.6 Å². The summed E-state index contributed by atoms with van der Waals surface area (Å²) in [6.07, 6.45) is 2.06. The van der Waals surface area contributed by atoms with Gasteiger partial charge in [0.2, 0.25) is 0 Å². The maximum atomic E-state index is 13.0. The molecule has 1 fully saturated rings. The molecule has 0 spiro atoms. The first-order valence-electron chi connectivity index (χ1n) is 8.65. The van der Waals surface area contributed by atoms with E-state index in [9.17, 15) is 9.18 Å². The van der Waals surface area contributed by atoms with E-state index in [1.54, 1.807) is 17.0 Å². The van der Waals surface area contributed by atoms with E-state index in [4.69, 9.17) is 0 Å². The fourth-order valence-electron chi connectivity index (χ4n) is 3.43. The van der Waals surface area contributed by atoms with Crippen LogP contribution in [0.15, 0.2) is 24.3 Å². The molecule has 2 aliphatic rings. The molecule has 2 aliphatic heterocycles. The first-order chi connectivity index (χ1) is 12.2. The molecule has 0 bridgehead atoms. The third kappa shape index (κ3) is 3.29. The van der Waals surface area contributed by atoms with Crippen molar-refractivity contribution in [2.45, 2.75) is 25.9 Å². The van der Waals surface area contributed by atoms with Gasteiger partial charge in [0.25, 0.3) is 0 Å². The number of carbonyl (C=O) groups is 1. The molecule has 7 nitrogen and oxygen atoms in total. The van der Waals surface area contributed by atoms with Crippen LogP contribution in [0.25, 0.3) is 0 Å². The van der Waals surface area contributed by atoms with Crippen LogP contribution in [0.3, 0.4) is 0 Å². The topological polar surface area (TPSA) is 66.3 Å². The van der Waals surface area contributed by atoms with Gasteiger partial charge in [-0.15, -0.1) is 10.2 Å². The Morgan fingerprint density at radius 3 is 2.60 bits per heavy atom. The van der Waals surface area contributed by atoms with E-state index >= 15 is 0 Å². The fourth-order valence-corrected chi connectivity index (χ4v) is 3.43. The smallest absolute Gasteiger partial charge is 0.317 e. The van der Waals surface area contributed by atoms with Crippen molar-refractivity contribution in [3.8, 4) is 0 Å². The molecule has 1 aromatic heterocycles. The SMILES string of the molecule is O=C(NCc1nnc2n1CCC2)N1CCN(c2ccc(F)cc2)CC1. The minimum Gasteiger partial charge on any atom is -0.368 e. The Labute approximate surface area is 145 Å². The van der Waals surface area contributed by atoms with E-state index in [0.717, 1.165) is 49.8 Å². The van der Waals surface area contributed by atoms with Gasteiger partial charge in [0, 0.05) is 44.8 Å². The number of benzene rings is 1. The lowest BCUT2D eigenvalue weighted by molar-refractivity contribution is 0.193. The average Bonchev–Trinajstić information content (AvgIpc) is 3.25. The molecule has 0 saturated carbocycles. The number of hydrogen-bond acceptors (Lipinski definition) is 4. The summed E-state index contributed by atoms with van der Waals surface area (Å²) in [5, 5.41) is 11.2. The summed E-state index contributed by atoms with van der Waals surface area (Å²) in [5.41, 5.74) is 0.987. The lowest BCUT2D eigenvalue weighted by Crippen LogP contribution is -2.51. The molecule has 132 valence electrons. The van der Waals surface area contributed by atoms with E-state index in [-0.39, 0.29) is 11.8 Å². The number of aromatic nitrogens is 3. The number of piperazine rings is 1. The van der Waals surface area contributed by atoms with E-state index in [1.807, 2.05) is 0 Å². The molecule has 2 aromatic rings. The highest BCUT2D eigenvalue weighted by Gasteiger charge is 2.22. The molecule has 3 heterocycles. The van der Waals surface area contributed by atoms with Crippen LogP contribution in [0.2, 0.25) is 0 Å². The molecule has 2 amide bonds. The molecule has 0 aliphatic carbocycles. The van der Waals surface area contributed by atoms with Crippen LogP contribution in [0.1, 0.15) is 18.1 Å². The fraction of sp³-hybridized carbons (Fsp3) is 0.471. The summed E-state index contributed by atoms with van der Waals surface area (Å²) in [6, 6.07) is 6.40. The second-order valence-electron chi connectivity index (χ2n) is 6.40. The van der Waals surface area contributed by atoms with E-state index < -0.39 is 0 Å². The standard InChI is InChI=1S/C17H21FN6O/c18-13-3-5-14(6-4-13)22-8-10-23(11-9-22)17(25)19-12-16-21-20-15-2-1-7-24(15)16/h3-6H,1-2,7-12H2,(H,19,25). The lowest BCUT2D eigenvalue weighted by Gasteiger charge is -2.36. The molecule has 1 N–H and O–H groups in total. The zero-order chi connectivity index (χ0) is 17.2. The number of urea groups is 1. The van der Waals surface area contributed by atoms with Crippen LogP contribution >= 0.6 is 0 Å². The van der Waals surface area contributed by atoms with Gasteiger partial charge in [-0.05, 0) is 30.7 Å². The molecule has 1 aromatic carbocycles. The number of nitrogens with zero attached hydrogens (tertiary/aromatic N) is 5. The predicted octanol–water partition coefficient (Wildman–Crippen LogP) is 1.40. The number of nitrogens with one attached hydrogen (secondary N) is 1. The third-order valence-corrected chi connectivity index (χ3v) is 4.84. The van der Waals surface area contributed by atoms with Crippen molar-refractivity contribution in [1.29, 1.82) is 0 Å². The quantitative estimate of drug-likeness (QED) is 0.914. The zero-order valence-corrected chi connectivity index (χ0v) is 14.0. The second kappa shape index (κ2) is 6.70. The Hall–Kier alpha value is -2.64. The number of aryl methyl sites for hydroxylation is 1. The Kier molecular flexibility index (Phi) is 4.25. The Morgan fingerprint density at radius 2 is 1.84 bits per heavy atom. The number of hydrogen-bond donors (Lipinski definition) is 1. The molecule has 8 heteroatoms. The van der Waals surface area contributed by atoms with E-state index in [1.165, 1.54) is 12.1 Å². The zero-order valence-electron chi connectivity index (χ0n) is 14.0. The van der Waals surface area contributed by atoms with E-state index in [0.29, 0.717) is 19.6 Å². The van der Waals surface area contributed by atoms with Gasteiger partial charge in [-0.3, -0.25) is 0 Å². The van der Waals surface area contributed by atoms with E-state index in [2.05, 4.69) is 25.0 Å². The van der Waals surface area contributed by atoms with Crippen molar-refractivity contribution in [2.24, 2.45) is 0 Å². The molecular formula is C17H21FN6O. The summed E-state index contributed by atoms with van der Waals surface area (Å²) in [5.74, 6) is 1.60. The molecule has 1 saturated heterocycles. The first kappa shape index (κ1) is 15.9. The monoisotopic (exact) mass is 344 g/mol. The van der Waals surface area contributed by atoms with Gasteiger partial charge in [-0.1, -0.05) is 0 Å². The molecule has 0 radical (unpaired) electrons. The Bertz CT molecular complexity index is 751. The van der Waals surface area contributed by atoms with Gasteiger partial charge in [-0.2, -0.15) is 0 Å². The highest BCUT2D eigenvalue weighted by Crippen LogP contribution is 2.17.